The van der Waals surface area contributed by atoms with Crippen LogP contribution in [0.25, 0.3) is 0 Å². The fourth-order valence-electron chi connectivity index (χ4n) is 2.28. The third-order valence-electron chi connectivity index (χ3n) is 3.27. The molecule has 18 heavy (non-hydrogen) atoms. The van der Waals surface area contributed by atoms with E-state index in [1.54, 1.807) is 0 Å². The summed E-state index contributed by atoms with van der Waals surface area (Å²) < 4.78 is 0. The zero-order valence-electron chi connectivity index (χ0n) is 11.4. The Morgan fingerprint density at radius 2 is 1.78 bits per heavy atom. The molecule has 0 aliphatic carbocycles. The molecule has 2 rings (SSSR count). The molecule has 96 valence electrons. The SMILES string of the molecule is Cc1ccc(C)c(CC(Cl)c2sc(C)cc2C)c1. The van der Waals surface area contributed by atoms with Crippen molar-refractivity contribution in [1.29, 1.82) is 0 Å². The number of aryl methyl sites for hydroxylation is 4. The van der Waals surface area contributed by atoms with E-state index in [0.717, 1.165) is 6.42 Å². The second-order valence-electron chi connectivity index (χ2n) is 5.01. The highest BCUT2D eigenvalue weighted by molar-refractivity contribution is 7.12. The van der Waals surface area contributed by atoms with E-state index in [9.17, 15) is 0 Å². The van der Waals surface area contributed by atoms with Gasteiger partial charge in [-0.25, -0.2) is 0 Å². The van der Waals surface area contributed by atoms with E-state index in [1.807, 2.05) is 11.3 Å². The third-order valence-corrected chi connectivity index (χ3v) is 5.04. The Bertz CT molecular complexity index is 554. The number of hydrogen-bond donors (Lipinski definition) is 0. The van der Waals surface area contributed by atoms with Crippen molar-refractivity contribution in [2.75, 3.05) is 0 Å². The molecule has 2 heteroatoms. The van der Waals surface area contributed by atoms with Gasteiger partial charge in [-0.15, -0.1) is 22.9 Å². The number of hydrogen-bond acceptors (Lipinski definition) is 1. The summed E-state index contributed by atoms with van der Waals surface area (Å²) >= 11 is 8.41. The van der Waals surface area contributed by atoms with Crippen LogP contribution in [-0.2, 0) is 6.42 Å². The minimum absolute atomic E-state index is 0.0872. The number of benzene rings is 1. The molecular formula is C16H19ClS. The van der Waals surface area contributed by atoms with Crippen LogP contribution < -0.4 is 0 Å². The maximum Gasteiger partial charge on any atom is 0.0721 e. The van der Waals surface area contributed by atoms with Gasteiger partial charge in [-0.1, -0.05) is 23.8 Å². The Labute approximate surface area is 119 Å². The van der Waals surface area contributed by atoms with Crippen LogP contribution in [-0.4, -0.2) is 0 Å². The summed E-state index contributed by atoms with van der Waals surface area (Å²) in [7, 11) is 0. The van der Waals surface area contributed by atoms with Crippen molar-refractivity contribution in [3.63, 3.8) is 0 Å². The van der Waals surface area contributed by atoms with Crippen LogP contribution in [0.4, 0.5) is 0 Å². The lowest BCUT2D eigenvalue weighted by Gasteiger charge is -2.12. The minimum Gasteiger partial charge on any atom is -0.144 e. The summed E-state index contributed by atoms with van der Waals surface area (Å²) in [6, 6.07) is 8.81. The highest BCUT2D eigenvalue weighted by Crippen LogP contribution is 2.34. The van der Waals surface area contributed by atoms with Gasteiger partial charge in [0.05, 0.1) is 5.38 Å². The van der Waals surface area contributed by atoms with Gasteiger partial charge in [0.25, 0.3) is 0 Å². The topological polar surface area (TPSA) is 0 Å². The molecule has 0 spiro atoms. The van der Waals surface area contributed by atoms with Gasteiger partial charge in [0.15, 0.2) is 0 Å². The Morgan fingerprint density at radius 1 is 1.06 bits per heavy atom. The number of alkyl halides is 1. The summed E-state index contributed by atoms with van der Waals surface area (Å²) in [6.07, 6.45) is 0.913. The van der Waals surface area contributed by atoms with Gasteiger partial charge in [-0.05, 0) is 56.9 Å². The normalized spacial score (nSPS) is 12.7. The highest BCUT2D eigenvalue weighted by atomic mass is 35.5. The lowest BCUT2D eigenvalue weighted by molar-refractivity contribution is 0.920. The number of rotatable bonds is 3. The monoisotopic (exact) mass is 278 g/mol. The van der Waals surface area contributed by atoms with Crippen LogP contribution in [0, 0.1) is 27.7 Å². The quantitative estimate of drug-likeness (QED) is 0.650. The molecule has 2 aromatic rings. The molecule has 1 heterocycles. The van der Waals surface area contributed by atoms with E-state index in [2.05, 4.69) is 52.0 Å². The molecule has 1 atom stereocenters. The number of halogens is 1. The molecule has 0 N–H and O–H groups in total. The lowest BCUT2D eigenvalue weighted by Crippen LogP contribution is -1.98. The van der Waals surface area contributed by atoms with Crippen LogP contribution in [0.2, 0.25) is 0 Å². The van der Waals surface area contributed by atoms with Gasteiger partial charge >= 0.3 is 0 Å². The van der Waals surface area contributed by atoms with E-state index in [0.29, 0.717) is 0 Å². The largest absolute Gasteiger partial charge is 0.144 e. The van der Waals surface area contributed by atoms with Crippen LogP contribution in [0.3, 0.4) is 0 Å². The van der Waals surface area contributed by atoms with Crippen LogP contribution >= 0.6 is 22.9 Å². The van der Waals surface area contributed by atoms with E-state index in [4.69, 9.17) is 11.6 Å². The molecular weight excluding hydrogens is 260 g/mol. The molecule has 0 bridgehead atoms. The van der Waals surface area contributed by atoms with Crippen LogP contribution in [0.5, 0.6) is 0 Å². The molecule has 1 aromatic heterocycles. The fraction of sp³-hybridized carbons (Fsp3) is 0.375. The molecule has 1 unspecified atom stereocenters. The first-order chi connectivity index (χ1) is 8.47. The van der Waals surface area contributed by atoms with E-state index >= 15 is 0 Å². The first-order valence-corrected chi connectivity index (χ1v) is 7.50. The Balaban J connectivity index is 2.23. The molecule has 0 fully saturated rings. The number of thiophene rings is 1. The molecule has 0 radical (unpaired) electrons. The summed E-state index contributed by atoms with van der Waals surface area (Å²) in [4.78, 5) is 2.66. The van der Waals surface area contributed by atoms with Crippen molar-refractivity contribution in [3.8, 4) is 0 Å². The predicted octanol–water partition coefficient (Wildman–Crippen LogP) is 5.50. The van der Waals surface area contributed by atoms with Gasteiger partial charge in [0, 0.05) is 9.75 Å². The van der Waals surface area contributed by atoms with Crippen molar-refractivity contribution in [1.82, 2.24) is 0 Å². The molecule has 0 aliphatic heterocycles. The van der Waals surface area contributed by atoms with Gasteiger partial charge in [0.1, 0.15) is 0 Å². The zero-order valence-corrected chi connectivity index (χ0v) is 13.0. The van der Waals surface area contributed by atoms with Gasteiger partial charge in [0.2, 0.25) is 0 Å². The third kappa shape index (κ3) is 2.96. The molecule has 0 saturated carbocycles. The molecule has 0 aliphatic rings. The van der Waals surface area contributed by atoms with Gasteiger partial charge in [-0.2, -0.15) is 0 Å². The smallest absolute Gasteiger partial charge is 0.0721 e. The second-order valence-corrected chi connectivity index (χ2v) is 6.82. The molecule has 0 saturated heterocycles. The summed E-state index contributed by atoms with van der Waals surface area (Å²) in [5, 5.41) is 0.0872. The molecule has 0 amide bonds. The minimum atomic E-state index is 0.0872. The zero-order chi connectivity index (χ0) is 13.3. The van der Waals surface area contributed by atoms with Crippen molar-refractivity contribution in [3.05, 3.63) is 56.3 Å². The fourth-order valence-corrected chi connectivity index (χ4v) is 3.76. The summed E-state index contributed by atoms with van der Waals surface area (Å²) in [5.74, 6) is 0. The second kappa shape index (κ2) is 5.46. The van der Waals surface area contributed by atoms with E-state index in [-0.39, 0.29) is 5.38 Å². The first-order valence-electron chi connectivity index (χ1n) is 6.24. The highest BCUT2D eigenvalue weighted by Gasteiger charge is 2.15. The van der Waals surface area contributed by atoms with Crippen LogP contribution in [0.15, 0.2) is 24.3 Å². The van der Waals surface area contributed by atoms with Gasteiger partial charge < -0.3 is 0 Å². The summed E-state index contributed by atoms with van der Waals surface area (Å²) in [6.45, 7) is 8.58. The Morgan fingerprint density at radius 3 is 2.39 bits per heavy atom. The maximum absolute atomic E-state index is 6.59. The molecule has 1 aromatic carbocycles. The van der Waals surface area contributed by atoms with Gasteiger partial charge in [-0.3, -0.25) is 0 Å². The molecule has 0 nitrogen and oxygen atoms in total. The summed E-state index contributed by atoms with van der Waals surface area (Å²) in [5.41, 5.74) is 5.32. The van der Waals surface area contributed by atoms with Crippen molar-refractivity contribution in [2.24, 2.45) is 0 Å². The van der Waals surface area contributed by atoms with Crippen LogP contribution in [0.1, 0.15) is 37.4 Å². The van der Waals surface area contributed by atoms with E-state index in [1.165, 1.54) is 32.0 Å². The average molecular weight is 279 g/mol. The first kappa shape index (κ1) is 13.6. The van der Waals surface area contributed by atoms with E-state index < -0.39 is 0 Å². The van der Waals surface area contributed by atoms with Crippen molar-refractivity contribution >= 4 is 22.9 Å². The lowest BCUT2D eigenvalue weighted by atomic mass is 10.00. The maximum atomic E-state index is 6.59. The Kier molecular flexibility index (Phi) is 4.14. The van der Waals surface area contributed by atoms with Crippen molar-refractivity contribution in [2.45, 2.75) is 39.5 Å². The average Bonchev–Trinajstić information content (AvgIpc) is 2.63. The Hall–Kier alpha value is -0.790. The predicted molar refractivity (Wildman–Crippen MR) is 82.0 cm³/mol. The van der Waals surface area contributed by atoms with Crippen molar-refractivity contribution < 1.29 is 0 Å². The standard InChI is InChI=1S/C16H19ClS/c1-10-5-6-11(2)14(7-10)9-15(17)16-12(3)8-13(4)18-16/h5-8,15H,9H2,1-4H3.